The predicted molar refractivity (Wildman–Crippen MR) is 127 cm³/mol. The third-order valence-corrected chi connectivity index (χ3v) is 6.28. The van der Waals surface area contributed by atoms with Gasteiger partial charge in [0.05, 0.1) is 50.0 Å². The van der Waals surface area contributed by atoms with Crippen molar-refractivity contribution in [2.45, 2.75) is 18.9 Å². The number of methoxy groups -OCH3 is 1. The average Bonchev–Trinajstić information content (AvgIpc) is 3.28. The van der Waals surface area contributed by atoms with Crippen molar-refractivity contribution in [3.63, 3.8) is 0 Å². The number of hydrogen-bond donors (Lipinski definition) is 0. The molecule has 1 unspecified atom stereocenters. The van der Waals surface area contributed by atoms with E-state index in [9.17, 15) is 9.18 Å². The van der Waals surface area contributed by atoms with Gasteiger partial charge in [0.25, 0.3) is 0 Å². The molecule has 1 atom stereocenters. The van der Waals surface area contributed by atoms with Crippen LogP contribution in [0.25, 0.3) is 11.8 Å². The van der Waals surface area contributed by atoms with Crippen LogP contribution in [0.2, 0.25) is 0 Å². The highest BCUT2D eigenvalue weighted by molar-refractivity contribution is 6.06. The molecular formula is C26H25FN4O3. The van der Waals surface area contributed by atoms with Gasteiger partial charge >= 0.3 is 0 Å². The van der Waals surface area contributed by atoms with Crippen LogP contribution in [-0.2, 0) is 15.1 Å². The van der Waals surface area contributed by atoms with Crippen LogP contribution in [-0.4, -0.2) is 53.1 Å². The number of nitrogens with zero attached hydrogens (tertiary/aromatic N) is 4. The minimum atomic E-state index is -0.703. The Bertz CT molecular complexity index is 1280. The summed E-state index contributed by atoms with van der Waals surface area (Å²) in [7, 11) is 1.63. The highest BCUT2D eigenvalue weighted by atomic mass is 19.1. The highest BCUT2D eigenvalue weighted by Crippen LogP contribution is 2.38. The second kappa shape index (κ2) is 8.87. The molecule has 1 amide bonds. The molecule has 2 aliphatic heterocycles. The molecule has 8 heteroatoms. The molecule has 0 radical (unpaired) electrons. The van der Waals surface area contributed by atoms with Gasteiger partial charge in [-0.15, -0.1) is 0 Å². The Hall–Kier alpha value is -3.78. The van der Waals surface area contributed by atoms with Crippen LogP contribution in [0.3, 0.4) is 0 Å². The van der Waals surface area contributed by atoms with E-state index in [1.54, 1.807) is 25.6 Å². The monoisotopic (exact) mass is 460 g/mol. The first-order chi connectivity index (χ1) is 16.5. The number of amides is 1. The number of carbonyl (C=O) groups excluding carboxylic acids is 1. The van der Waals surface area contributed by atoms with Crippen molar-refractivity contribution in [2.75, 3.05) is 26.9 Å². The standard InChI is InChI=1S/C26H25FN4O3/c1-18-15-30(17-28-18)22-9-3-19(13-23(22)33-2)4-10-24-29-25(32)14-26(16-34-12-11-31(24)26)20-5-7-21(27)8-6-20/h3-10,13,15,17H,11-12,14,16H2,1-2H3. The predicted octanol–water partition coefficient (Wildman–Crippen LogP) is 3.90. The summed E-state index contributed by atoms with van der Waals surface area (Å²) in [6.07, 6.45) is 7.62. The zero-order valence-corrected chi connectivity index (χ0v) is 19.1. The maximum atomic E-state index is 13.6. The number of halogens is 1. The Morgan fingerprint density at radius 2 is 2.00 bits per heavy atom. The maximum absolute atomic E-state index is 13.6. The van der Waals surface area contributed by atoms with E-state index in [1.807, 2.05) is 48.0 Å². The molecule has 7 nitrogen and oxygen atoms in total. The molecule has 0 aliphatic carbocycles. The van der Waals surface area contributed by atoms with Crippen LogP contribution in [0.4, 0.5) is 4.39 Å². The Labute approximate surface area is 197 Å². The zero-order chi connectivity index (χ0) is 23.7. The molecule has 1 saturated heterocycles. The number of hydrogen-bond acceptors (Lipinski definition) is 5. The number of fused-ring (bicyclic) bond motifs is 1. The topological polar surface area (TPSA) is 69.0 Å². The van der Waals surface area contributed by atoms with Gasteiger partial charge in [-0.2, -0.15) is 4.99 Å². The van der Waals surface area contributed by atoms with Gasteiger partial charge in [-0.05, 0) is 48.4 Å². The Morgan fingerprint density at radius 1 is 1.18 bits per heavy atom. The van der Waals surface area contributed by atoms with E-state index in [4.69, 9.17) is 9.47 Å². The van der Waals surface area contributed by atoms with E-state index in [2.05, 4.69) is 14.9 Å². The number of carbonyl (C=O) groups is 1. The van der Waals surface area contributed by atoms with Gasteiger partial charge in [0.2, 0.25) is 5.91 Å². The van der Waals surface area contributed by atoms with Crippen LogP contribution >= 0.6 is 0 Å². The Balaban J connectivity index is 1.47. The van der Waals surface area contributed by atoms with Crippen molar-refractivity contribution in [3.05, 3.63) is 83.7 Å². The first-order valence-corrected chi connectivity index (χ1v) is 11.1. The molecule has 3 heterocycles. The second-order valence-electron chi connectivity index (χ2n) is 8.47. The smallest absolute Gasteiger partial charge is 0.250 e. The summed E-state index contributed by atoms with van der Waals surface area (Å²) in [6.45, 7) is 3.38. The first kappa shape index (κ1) is 22.0. The Kier molecular flexibility index (Phi) is 5.75. The first-order valence-electron chi connectivity index (χ1n) is 11.1. The average molecular weight is 461 g/mol. The van der Waals surface area contributed by atoms with Crippen LogP contribution in [0, 0.1) is 12.7 Å². The number of rotatable bonds is 5. The van der Waals surface area contributed by atoms with E-state index < -0.39 is 5.54 Å². The summed E-state index contributed by atoms with van der Waals surface area (Å²) in [5, 5.41) is 0. The van der Waals surface area contributed by atoms with E-state index >= 15 is 0 Å². The molecule has 0 N–H and O–H groups in total. The maximum Gasteiger partial charge on any atom is 0.250 e. The molecule has 174 valence electrons. The van der Waals surface area contributed by atoms with Crippen molar-refractivity contribution >= 4 is 17.8 Å². The molecule has 2 aliphatic rings. The molecule has 3 aromatic rings. The SMILES string of the molecule is COc1cc(C=CC2=NC(=O)CC3(c4ccc(F)cc4)COCCN23)ccc1-n1cnc(C)c1. The summed E-state index contributed by atoms with van der Waals surface area (Å²) in [5.74, 6) is 0.724. The number of ether oxygens (including phenoxy) is 2. The van der Waals surface area contributed by atoms with Gasteiger partial charge in [0, 0.05) is 12.7 Å². The van der Waals surface area contributed by atoms with Crippen LogP contribution in [0.1, 0.15) is 23.2 Å². The fourth-order valence-electron chi connectivity index (χ4n) is 4.61. The summed E-state index contributed by atoms with van der Waals surface area (Å²) >= 11 is 0. The van der Waals surface area contributed by atoms with Gasteiger partial charge in [-0.3, -0.25) is 4.79 Å². The van der Waals surface area contributed by atoms with Crippen molar-refractivity contribution in [1.29, 1.82) is 0 Å². The van der Waals surface area contributed by atoms with Crippen molar-refractivity contribution in [1.82, 2.24) is 14.5 Å². The summed E-state index contributed by atoms with van der Waals surface area (Å²) < 4.78 is 26.9. The third-order valence-electron chi connectivity index (χ3n) is 6.28. The molecule has 2 aromatic carbocycles. The van der Waals surface area contributed by atoms with Crippen molar-refractivity contribution in [2.24, 2.45) is 4.99 Å². The molecule has 0 saturated carbocycles. The minimum Gasteiger partial charge on any atom is -0.495 e. The Morgan fingerprint density at radius 3 is 2.74 bits per heavy atom. The lowest BCUT2D eigenvalue weighted by Crippen LogP contribution is -2.59. The van der Waals surface area contributed by atoms with Gasteiger partial charge in [-0.1, -0.05) is 24.3 Å². The summed E-state index contributed by atoms with van der Waals surface area (Å²) in [5.41, 5.74) is 2.84. The number of aliphatic imine (C=N–C) groups is 1. The quantitative estimate of drug-likeness (QED) is 0.578. The molecule has 1 fully saturated rings. The number of morpholine rings is 1. The largest absolute Gasteiger partial charge is 0.495 e. The number of imidazole rings is 1. The number of aryl methyl sites for hydroxylation is 1. The van der Waals surface area contributed by atoms with Crippen LogP contribution in [0.5, 0.6) is 5.75 Å². The normalized spacial score (nSPS) is 20.4. The third kappa shape index (κ3) is 4.01. The van der Waals surface area contributed by atoms with Gasteiger partial charge < -0.3 is 18.9 Å². The molecule has 5 rings (SSSR count). The molecule has 1 aromatic heterocycles. The van der Waals surface area contributed by atoms with Crippen molar-refractivity contribution in [3.8, 4) is 11.4 Å². The van der Waals surface area contributed by atoms with Gasteiger partial charge in [0.1, 0.15) is 17.4 Å². The minimum absolute atomic E-state index is 0.183. The lowest BCUT2D eigenvalue weighted by Gasteiger charge is -2.49. The summed E-state index contributed by atoms with van der Waals surface area (Å²) in [4.78, 5) is 23.4. The van der Waals surface area contributed by atoms with Crippen LogP contribution in [0.15, 0.2) is 66.1 Å². The zero-order valence-electron chi connectivity index (χ0n) is 19.1. The lowest BCUT2D eigenvalue weighted by atomic mass is 9.82. The molecule has 34 heavy (non-hydrogen) atoms. The fraction of sp³-hybridized carbons (Fsp3) is 0.269. The van der Waals surface area contributed by atoms with Gasteiger partial charge in [-0.25, -0.2) is 9.37 Å². The molecular weight excluding hydrogens is 435 g/mol. The molecule has 0 bridgehead atoms. The lowest BCUT2D eigenvalue weighted by molar-refractivity contribution is -0.126. The number of amidine groups is 1. The number of benzene rings is 2. The van der Waals surface area contributed by atoms with Crippen molar-refractivity contribution < 1.29 is 18.7 Å². The summed E-state index contributed by atoms with van der Waals surface area (Å²) in [6, 6.07) is 12.1. The van der Waals surface area contributed by atoms with Gasteiger partial charge in [0.15, 0.2) is 0 Å². The molecule has 0 spiro atoms. The fourth-order valence-corrected chi connectivity index (χ4v) is 4.61. The second-order valence-corrected chi connectivity index (χ2v) is 8.47. The van der Waals surface area contributed by atoms with E-state index in [1.165, 1.54) is 12.1 Å². The highest BCUT2D eigenvalue weighted by Gasteiger charge is 2.46. The number of aromatic nitrogens is 2. The van der Waals surface area contributed by atoms with E-state index in [0.717, 1.165) is 22.5 Å². The van der Waals surface area contributed by atoms with E-state index in [0.29, 0.717) is 31.3 Å². The van der Waals surface area contributed by atoms with Crippen LogP contribution < -0.4 is 4.74 Å². The van der Waals surface area contributed by atoms with E-state index in [-0.39, 0.29) is 18.1 Å².